The molecular formula is C14H29N3. The number of hydrogen-bond acceptors (Lipinski definition) is 3. The van der Waals surface area contributed by atoms with Gasteiger partial charge < -0.3 is 10.2 Å². The molecule has 1 N–H and O–H groups in total. The van der Waals surface area contributed by atoms with Gasteiger partial charge in [-0.15, -0.1) is 0 Å². The molecule has 0 spiro atoms. The van der Waals surface area contributed by atoms with E-state index in [-0.39, 0.29) is 0 Å². The highest BCUT2D eigenvalue weighted by atomic mass is 15.3. The summed E-state index contributed by atoms with van der Waals surface area (Å²) in [4.78, 5) is 5.37. The monoisotopic (exact) mass is 239 g/mol. The molecule has 0 amide bonds. The predicted octanol–water partition coefficient (Wildman–Crippen LogP) is 1.54. The molecule has 17 heavy (non-hydrogen) atoms. The van der Waals surface area contributed by atoms with E-state index in [0.717, 1.165) is 12.6 Å². The molecule has 3 heteroatoms. The molecule has 2 aliphatic heterocycles. The zero-order valence-corrected chi connectivity index (χ0v) is 11.8. The number of nitrogens with one attached hydrogen (secondary N) is 1. The molecule has 0 saturated carbocycles. The summed E-state index contributed by atoms with van der Waals surface area (Å²) >= 11 is 0. The van der Waals surface area contributed by atoms with Crippen molar-refractivity contribution >= 4 is 0 Å². The van der Waals surface area contributed by atoms with Crippen LogP contribution in [-0.4, -0.2) is 60.6 Å². The van der Waals surface area contributed by atoms with E-state index in [2.05, 4.69) is 35.9 Å². The third-order valence-electron chi connectivity index (χ3n) is 4.52. The van der Waals surface area contributed by atoms with Gasteiger partial charge >= 0.3 is 0 Å². The molecule has 0 aromatic carbocycles. The molecule has 2 fully saturated rings. The maximum absolute atomic E-state index is 3.58. The lowest BCUT2D eigenvalue weighted by Gasteiger charge is -2.42. The summed E-state index contributed by atoms with van der Waals surface area (Å²) in [7, 11) is 0. The van der Waals surface area contributed by atoms with E-state index in [1.807, 2.05) is 0 Å². The number of likely N-dealkylation sites (tertiary alicyclic amines) is 1. The van der Waals surface area contributed by atoms with Crippen LogP contribution in [0.1, 0.15) is 40.0 Å². The van der Waals surface area contributed by atoms with Gasteiger partial charge in [0.05, 0.1) is 0 Å². The molecule has 0 aliphatic carbocycles. The van der Waals surface area contributed by atoms with E-state index in [1.165, 1.54) is 45.4 Å². The molecule has 0 bridgehead atoms. The third-order valence-corrected chi connectivity index (χ3v) is 4.52. The summed E-state index contributed by atoms with van der Waals surface area (Å²) in [5.41, 5.74) is 0. The Bertz CT molecular complexity index is 232. The van der Waals surface area contributed by atoms with E-state index >= 15 is 0 Å². The molecule has 2 aliphatic rings. The number of piperazine rings is 1. The largest absolute Gasteiger partial charge is 0.311 e. The molecule has 2 saturated heterocycles. The van der Waals surface area contributed by atoms with Gasteiger partial charge in [-0.1, -0.05) is 6.92 Å². The highest BCUT2D eigenvalue weighted by Gasteiger charge is 2.29. The first kappa shape index (κ1) is 13.3. The standard InChI is InChI=1S/C14H29N3/c1-4-16-8-5-6-14(7-9-16)17-11-12(2)15-10-13(17)3/h12-15H,4-11H2,1-3H3. The second-order valence-corrected chi connectivity index (χ2v) is 5.87. The van der Waals surface area contributed by atoms with Crippen LogP contribution in [0.5, 0.6) is 0 Å². The van der Waals surface area contributed by atoms with Crippen molar-refractivity contribution < 1.29 is 0 Å². The predicted molar refractivity (Wildman–Crippen MR) is 73.4 cm³/mol. The van der Waals surface area contributed by atoms with Crippen molar-refractivity contribution in [2.75, 3.05) is 32.7 Å². The minimum atomic E-state index is 0.664. The van der Waals surface area contributed by atoms with E-state index in [1.54, 1.807) is 0 Å². The molecule has 3 nitrogen and oxygen atoms in total. The lowest BCUT2D eigenvalue weighted by atomic mass is 10.0. The Morgan fingerprint density at radius 3 is 2.76 bits per heavy atom. The van der Waals surface area contributed by atoms with Crippen molar-refractivity contribution in [3.63, 3.8) is 0 Å². The second-order valence-electron chi connectivity index (χ2n) is 5.87. The number of rotatable bonds is 2. The van der Waals surface area contributed by atoms with Gasteiger partial charge in [-0.05, 0) is 52.7 Å². The summed E-state index contributed by atoms with van der Waals surface area (Å²) in [6, 6.07) is 2.20. The van der Waals surface area contributed by atoms with Gasteiger partial charge in [0.1, 0.15) is 0 Å². The lowest BCUT2D eigenvalue weighted by molar-refractivity contribution is 0.0861. The smallest absolute Gasteiger partial charge is 0.0196 e. The Morgan fingerprint density at radius 1 is 1.18 bits per heavy atom. The average Bonchev–Trinajstić information content (AvgIpc) is 2.57. The minimum Gasteiger partial charge on any atom is -0.311 e. The molecule has 3 unspecified atom stereocenters. The van der Waals surface area contributed by atoms with Crippen molar-refractivity contribution in [1.29, 1.82) is 0 Å². The summed E-state index contributed by atoms with van der Waals surface area (Å²) in [6.07, 6.45) is 4.14. The SMILES string of the molecule is CCN1CCCC(N2CC(C)NCC2C)CC1. The Labute approximate surface area is 107 Å². The van der Waals surface area contributed by atoms with Crippen molar-refractivity contribution in [2.24, 2.45) is 0 Å². The fraction of sp³-hybridized carbons (Fsp3) is 1.00. The highest BCUT2D eigenvalue weighted by molar-refractivity contribution is 4.87. The van der Waals surface area contributed by atoms with Crippen LogP contribution >= 0.6 is 0 Å². The van der Waals surface area contributed by atoms with Crippen LogP contribution in [0.4, 0.5) is 0 Å². The van der Waals surface area contributed by atoms with Crippen LogP contribution in [0.15, 0.2) is 0 Å². The molecule has 100 valence electrons. The van der Waals surface area contributed by atoms with Crippen LogP contribution in [0.2, 0.25) is 0 Å². The van der Waals surface area contributed by atoms with Crippen molar-refractivity contribution in [3.05, 3.63) is 0 Å². The molecule has 0 aromatic heterocycles. The zero-order valence-electron chi connectivity index (χ0n) is 11.8. The van der Waals surface area contributed by atoms with Gasteiger partial charge in [0.2, 0.25) is 0 Å². The minimum absolute atomic E-state index is 0.664. The first-order valence-corrected chi connectivity index (χ1v) is 7.42. The van der Waals surface area contributed by atoms with Crippen LogP contribution < -0.4 is 5.32 Å². The molecule has 2 heterocycles. The Hall–Kier alpha value is -0.120. The lowest BCUT2D eigenvalue weighted by Crippen LogP contribution is -2.57. The number of nitrogens with zero attached hydrogens (tertiary/aromatic N) is 2. The van der Waals surface area contributed by atoms with Crippen LogP contribution in [0.3, 0.4) is 0 Å². The highest BCUT2D eigenvalue weighted by Crippen LogP contribution is 2.21. The van der Waals surface area contributed by atoms with Gasteiger partial charge in [-0.25, -0.2) is 0 Å². The van der Waals surface area contributed by atoms with Crippen LogP contribution in [0, 0.1) is 0 Å². The van der Waals surface area contributed by atoms with Gasteiger partial charge in [-0.3, -0.25) is 4.90 Å². The average molecular weight is 239 g/mol. The Morgan fingerprint density at radius 2 is 2.00 bits per heavy atom. The van der Waals surface area contributed by atoms with Gasteiger partial charge in [-0.2, -0.15) is 0 Å². The summed E-state index contributed by atoms with van der Waals surface area (Å²) < 4.78 is 0. The maximum Gasteiger partial charge on any atom is 0.0196 e. The third kappa shape index (κ3) is 3.43. The first-order chi connectivity index (χ1) is 8.20. The second kappa shape index (κ2) is 6.17. The Kier molecular flexibility index (Phi) is 4.83. The number of hydrogen-bond donors (Lipinski definition) is 1. The fourth-order valence-electron chi connectivity index (χ4n) is 3.34. The molecule has 3 atom stereocenters. The van der Waals surface area contributed by atoms with Gasteiger partial charge in [0.15, 0.2) is 0 Å². The summed E-state index contributed by atoms with van der Waals surface area (Å²) in [5.74, 6) is 0. The topological polar surface area (TPSA) is 18.5 Å². The van der Waals surface area contributed by atoms with E-state index in [0.29, 0.717) is 12.1 Å². The van der Waals surface area contributed by atoms with Crippen molar-refractivity contribution in [3.8, 4) is 0 Å². The van der Waals surface area contributed by atoms with Crippen molar-refractivity contribution in [1.82, 2.24) is 15.1 Å². The van der Waals surface area contributed by atoms with E-state index < -0.39 is 0 Å². The molecule has 0 aromatic rings. The quantitative estimate of drug-likeness (QED) is 0.788. The van der Waals surface area contributed by atoms with Gasteiger partial charge in [0.25, 0.3) is 0 Å². The fourth-order valence-corrected chi connectivity index (χ4v) is 3.34. The van der Waals surface area contributed by atoms with Crippen molar-refractivity contribution in [2.45, 2.75) is 58.2 Å². The summed E-state index contributed by atoms with van der Waals surface area (Å²) in [5, 5.41) is 3.58. The molecular weight excluding hydrogens is 210 g/mol. The van der Waals surface area contributed by atoms with Gasteiger partial charge in [0, 0.05) is 31.2 Å². The van der Waals surface area contributed by atoms with E-state index in [4.69, 9.17) is 0 Å². The first-order valence-electron chi connectivity index (χ1n) is 7.42. The van der Waals surface area contributed by atoms with Crippen LogP contribution in [-0.2, 0) is 0 Å². The normalized spacial score (nSPS) is 37.9. The van der Waals surface area contributed by atoms with E-state index in [9.17, 15) is 0 Å². The zero-order chi connectivity index (χ0) is 12.3. The molecule has 0 radical (unpaired) electrons. The van der Waals surface area contributed by atoms with Crippen LogP contribution in [0.25, 0.3) is 0 Å². The Balaban J connectivity index is 1.91. The summed E-state index contributed by atoms with van der Waals surface area (Å²) in [6.45, 7) is 13.2. The molecule has 2 rings (SSSR count). The maximum atomic E-state index is 3.58.